The van der Waals surface area contributed by atoms with Crippen LogP contribution in [0.4, 0.5) is 0 Å². The summed E-state index contributed by atoms with van der Waals surface area (Å²) in [5.41, 5.74) is 6.75. The van der Waals surface area contributed by atoms with Gasteiger partial charge in [-0.25, -0.2) is 0 Å². The molecule has 0 aliphatic carbocycles. The lowest BCUT2D eigenvalue weighted by atomic mass is 9.86. The Kier molecular flexibility index (Phi) is 6.00. The summed E-state index contributed by atoms with van der Waals surface area (Å²) in [6.45, 7) is 9.35. The van der Waals surface area contributed by atoms with Crippen LogP contribution in [0.15, 0.2) is 28.8 Å². The average molecular weight is 387 g/mol. The van der Waals surface area contributed by atoms with E-state index in [0.29, 0.717) is 31.3 Å². The van der Waals surface area contributed by atoms with Crippen LogP contribution in [0.1, 0.15) is 26.7 Å². The van der Waals surface area contributed by atoms with E-state index in [-0.39, 0.29) is 11.3 Å². The van der Waals surface area contributed by atoms with Crippen LogP contribution in [0.5, 0.6) is 5.75 Å². The van der Waals surface area contributed by atoms with E-state index >= 15 is 0 Å². The lowest BCUT2D eigenvalue weighted by molar-refractivity contribution is -0.136. The predicted octanol–water partition coefficient (Wildman–Crippen LogP) is 1.76. The Morgan fingerprint density at radius 3 is 2.43 bits per heavy atom. The molecule has 0 bridgehead atoms. The Balaban J connectivity index is 1.54. The Morgan fingerprint density at radius 2 is 1.86 bits per heavy atom. The molecular formula is C20H29N5O3. The van der Waals surface area contributed by atoms with E-state index < -0.39 is 6.04 Å². The highest BCUT2D eigenvalue weighted by Gasteiger charge is 2.32. The summed E-state index contributed by atoms with van der Waals surface area (Å²) in [5, 5.41) is 4.07. The highest BCUT2D eigenvalue weighted by molar-refractivity contribution is 5.82. The second kappa shape index (κ2) is 8.28. The van der Waals surface area contributed by atoms with Gasteiger partial charge in [-0.15, -0.1) is 0 Å². The van der Waals surface area contributed by atoms with E-state index in [2.05, 4.69) is 15.0 Å². The number of aromatic nitrogens is 2. The van der Waals surface area contributed by atoms with Gasteiger partial charge >= 0.3 is 0 Å². The molecule has 0 saturated carbocycles. The third-order valence-corrected chi connectivity index (χ3v) is 5.06. The molecule has 0 unspecified atom stereocenters. The van der Waals surface area contributed by atoms with Gasteiger partial charge in [0.15, 0.2) is 0 Å². The maximum Gasteiger partial charge on any atom is 0.241 e. The lowest BCUT2D eigenvalue weighted by Crippen LogP contribution is -2.56. The summed E-state index contributed by atoms with van der Waals surface area (Å²) in [4.78, 5) is 21.1. The number of ether oxygens (including phenoxy) is 1. The number of methoxy groups -OCH3 is 1. The van der Waals surface area contributed by atoms with E-state index in [4.69, 9.17) is 15.0 Å². The molecule has 0 spiro atoms. The molecule has 1 amide bonds. The molecule has 1 aliphatic heterocycles. The minimum Gasteiger partial charge on any atom is -0.497 e. The number of nitrogens with zero attached hydrogens (tertiary/aromatic N) is 4. The number of rotatable bonds is 5. The van der Waals surface area contributed by atoms with Gasteiger partial charge in [-0.2, -0.15) is 4.98 Å². The second-order valence-electron chi connectivity index (χ2n) is 8.19. The number of nitrogens with two attached hydrogens (primary N) is 1. The number of amides is 1. The van der Waals surface area contributed by atoms with Crippen molar-refractivity contribution in [1.29, 1.82) is 0 Å². The van der Waals surface area contributed by atoms with Gasteiger partial charge in [0.25, 0.3) is 0 Å². The minimum absolute atomic E-state index is 0.0201. The molecule has 1 saturated heterocycles. The number of carbonyl (C=O) groups excluding carboxylic acids is 1. The molecule has 152 valence electrons. The summed E-state index contributed by atoms with van der Waals surface area (Å²) < 4.78 is 10.6. The van der Waals surface area contributed by atoms with E-state index in [9.17, 15) is 4.79 Å². The SMILES string of the molecule is COc1ccc(-c2noc(CN3CCN(C(=O)[C@@H](N)C(C)(C)C)CC3)n2)cc1. The van der Waals surface area contributed by atoms with Gasteiger partial charge in [0.2, 0.25) is 17.6 Å². The van der Waals surface area contributed by atoms with Crippen LogP contribution in [0.25, 0.3) is 11.4 Å². The molecule has 2 N–H and O–H groups in total. The first-order valence-electron chi connectivity index (χ1n) is 9.51. The normalized spacial score (nSPS) is 16.8. The zero-order valence-corrected chi connectivity index (χ0v) is 17.0. The molecule has 0 radical (unpaired) electrons. The Labute approximate surface area is 165 Å². The highest BCUT2D eigenvalue weighted by atomic mass is 16.5. The van der Waals surface area contributed by atoms with Crippen molar-refractivity contribution in [1.82, 2.24) is 19.9 Å². The topological polar surface area (TPSA) is 97.7 Å². The number of carbonyl (C=O) groups is 1. The molecule has 1 fully saturated rings. The van der Waals surface area contributed by atoms with Crippen molar-refractivity contribution in [3.05, 3.63) is 30.2 Å². The van der Waals surface area contributed by atoms with Crippen LogP contribution in [-0.4, -0.2) is 65.2 Å². The van der Waals surface area contributed by atoms with Gasteiger partial charge < -0.3 is 19.9 Å². The summed E-state index contributed by atoms with van der Waals surface area (Å²) in [6.07, 6.45) is 0. The molecule has 8 heteroatoms. The van der Waals surface area contributed by atoms with Crippen LogP contribution in [0.2, 0.25) is 0 Å². The fourth-order valence-electron chi connectivity index (χ4n) is 3.06. The quantitative estimate of drug-likeness (QED) is 0.835. The van der Waals surface area contributed by atoms with Crippen molar-refractivity contribution in [3.8, 4) is 17.1 Å². The summed E-state index contributed by atoms with van der Waals surface area (Å²) in [6, 6.07) is 7.04. The van der Waals surface area contributed by atoms with Crippen LogP contribution in [-0.2, 0) is 11.3 Å². The lowest BCUT2D eigenvalue weighted by Gasteiger charge is -2.37. The molecule has 1 aromatic heterocycles. The first kappa shape index (κ1) is 20.3. The third kappa shape index (κ3) is 4.69. The molecular weight excluding hydrogens is 358 g/mol. The van der Waals surface area contributed by atoms with Crippen molar-refractivity contribution >= 4 is 5.91 Å². The Bertz CT molecular complexity index is 789. The van der Waals surface area contributed by atoms with E-state index in [1.165, 1.54) is 0 Å². The molecule has 3 rings (SSSR count). The van der Waals surface area contributed by atoms with Crippen molar-refractivity contribution < 1.29 is 14.1 Å². The molecule has 28 heavy (non-hydrogen) atoms. The zero-order valence-electron chi connectivity index (χ0n) is 17.0. The smallest absolute Gasteiger partial charge is 0.241 e. The largest absolute Gasteiger partial charge is 0.497 e. The maximum absolute atomic E-state index is 12.5. The fraction of sp³-hybridized carbons (Fsp3) is 0.550. The van der Waals surface area contributed by atoms with Gasteiger partial charge in [-0.1, -0.05) is 25.9 Å². The Morgan fingerprint density at radius 1 is 1.21 bits per heavy atom. The number of hydrogen-bond donors (Lipinski definition) is 1. The Hall–Kier alpha value is -2.45. The van der Waals surface area contributed by atoms with E-state index in [1.807, 2.05) is 49.9 Å². The summed E-state index contributed by atoms with van der Waals surface area (Å²) in [7, 11) is 1.63. The fourth-order valence-corrected chi connectivity index (χ4v) is 3.06. The molecule has 8 nitrogen and oxygen atoms in total. The van der Waals surface area contributed by atoms with E-state index in [1.54, 1.807) is 7.11 Å². The zero-order chi connectivity index (χ0) is 20.3. The summed E-state index contributed by atoms with van der Waals surface area (Å²) in [5.74, 6) is 1.93. The van der Waals surface area contributed by atoms with Crippen LogP contribution in [0, 0.1) is 5.41 Å². The van der Waals surface area contributed by atoms with Crippen molar-refractivity contribution in [2.24, 2.45) is 11.1 Å². The van der Waals surface area contributed by atoms with Crippen molar-refractivity contribution in [3.63, 3.8) is 0 Å². The number of piperazine rings is 1. The monoisotopic (exact) mass is 387 g/mol. The maximum atomic E-state index is 12.5. The number of benzene rings is 1. The number of hydrogen-bond acceptors (Lipinski definition) is 7. The van der Waals surface area contributed by atoms with Crippen molar-refractivity contribution in [2.45, 2.75) is 33.4 Å². The minimum atomic E-state index is -0.484. The van der Waals surface area contributed by atoms with Gasteiger partial charge in [0.1, 0.15) is 5.75 Å². The van der Waals surface area contributed by atoms with Crippen LogP contribution < -0.4 is 10.5 Å². The molecule has 1 atom stereocenters. The van der Waals surface area contributed by atoms with Gasteiger partial charge in [0, 0.05) is 31.7 Å². The van der Waals surface area contributed by atoms with Crippen LogP contribution >= 0.6 is 0 Å². The second-order valence-corrected chi connectivity index (χ2v) is 8.19. The van der Waals surface area contributed by atoms with Gasteiger partial charge in [0.05, 0.1) is 19.7 Å². The third-order valence-electron chi connectivity index (χ3n) is 5.06. The highest BCUT2D eigenvalue weighted by Crippen LogP contribution is 2.21. The standard InChI is InChI=1S/C20H29N5O3/c1-20(2,3)17(21)19(26)25-11-9-24(10-12-25)13-16-22-18(23-28-16)14-5-7-15(27-4)8-6-14/h5-8,17H,9-13,21H2,1-4H3/t17-/m1/s1. The predicted molar refractivity (Wildman–Crippen MR) is 106 cm³/mol. The van der Waals surface area contributed by atoms with Gasteiger partial charge in [-0.05, 0) is 29.7 Å². The summed E-state index contributed by atoms with van der Waals surface area (Å²) >= 11 is 0. The van der Waals surface area contributed by atoms with Crippen LogP contribution in [0.3, 0.4) is 0 Å². The molecule has 1 aromatic carbocycles. The van der Waals surface area contributed by atoms with Crippen molar-refractivity contribution in [2.75, 3.05) is 33.3 Å². The molecule has 2 heterocycles. The van der Waals surface area contributed by atoms with Gasteiger partial charge in [-0.3, -0.25) is 9.69 Å². The first-order valence-corrected chi connectivity index (χ1v) is 9.51. The first-order chi connectivity index (χ1) is 13.3. The molecule has 2 aromatic rings. The van der Waals surface area contributed by atoms with E-state index in [0.717, 1.165) is 24.4 Å². The molecule has 1 aliphatic rings. The average Bonchev–Trinajstić information content (AvgIpc) is 3.15.